The van der Waals surface area contributed by atoms with E-state index in [-0.39, 0.29) is 11.6 Å². The van der Waals surface area contributed by atoms with E-state index in [1.807, 2.05) is 41.8 Å². The van der Waals surface area contributed by atoms with Gasteiger partial charge in [0.05, 0.1) is 35.8 Å². The molecule has 0 fully saturated rings. The number of hydrogen-bond donors (Lipinski definition) is 0. The second-order valence-corrected chi connectivity index (χ2v) is 6.88. The van der Waals surface area contributed by atoms with Crippen LogP contribution in [0.15, 0.2) is 65.1 Å². The topological polar surface area (TPSA) is 24.8 Å². The number of nitrogens with zero attached hydrogens (tertiary/aromatic N) is 2. The Kier molecular flexibility index (Phi) is 4.42. The van der Waals surface area contributed by atoms with Crippen LogP contribution in [0.2, 0.25) is 0 Å². The first-order valence-electron chi connectivity index (χ1n) is 8.15. The summed E-state index contributed by atoms with van der Waals surface area (Å²) >= 11 is 1.58. The standard InChI is InChI=1S/C20H16F2N2OS/c1-25-18-6-3-2-5-14(18)15-12-24(17-9-8-13(21)11-16(17)22)23-20(15)19-7-4-10-26-19/h2-11,15H,12H2,1H3/t15-/m1/s1. The van der Waals surface area contributed by atoms with E-state index in [4.69, 9.17) is 4.74 Å². The van der Waals surface area contributed by atoms with E-state index in [9.17, 15) is 8.78 Å². The second-order valence-electron chi connectivity index (χ2n) is 5.93. The smallest absolute Gasteiger partial charge is 0.151 e. The number of hydrogen-bond acceptors (Lipinski definition) is 4. The van der Waals surface area contributed by atoms with Gasteiger partial charge in [0.1, 0.15) is 11.6 Å². The van der Waals surface area contributed by atoms with Crippen molar-refractivity contribution < 1.29 is 13.5 Å². The third kappa shape index (κ3) is 2.97. The van der Waals surface area contributed by atoms with Crippen LogP contribution in [0.5, 0.6) is 5.75 Å². The van der Waals surface area contributed by atoms with Crippen LogP contribution < -0.4 is 9.75 Å². The molecule has 0 N–H and O–H groups in total. The quantitative estimate of drug-likeness (QED) is 0.642. The lowest BCUT2D eigenvalue weighted by Crippen LogP contribution is -2.19. The zero-order valence-electron chi connectivity index (χ0n) is 14.0. The monoisotopic (exact) mass is 370 g/mol. The maximum atomic E-state index is 14.3. The maximum absolute atomic E-state index is 14.3. The first kappa shape index (κ1) is 16.7. The molecule has 0 unspecified atom stereocenters. The first-order valence-corrected chi connectivity index (χ1v) is 9.03. The molecule has 26 heavy (non-hydrogen) atoms. The normalized spacial score (nSPS) is 16.7. The summed E-state index contributed by atoms with van der Waals surface area (Å²) in [5, 5.41) is 8.25. The molecule has 3 aromatic rings. The third-order valence-corrected chi connectivity index (χ3v) is 5.28. The minimum absolute atomic E-state index is 0.0748. The number of anilines is 1. The predicted octanol–water partition coefficient (Wildman–Crippen LogP) is 5.04. The molecule has 1 aliphatic rings. The summed E-state index contributed by atoms with van der Waals surface area (Å²) in [6.07, 6.45) is 0. The summed E-state index contributed by atoms with van der Waals surface area (Å²) < 4.78 is 33.0. The average Bonchev–Trinajstić information content (AvgIpc) is 3.31. The van der Waals surface area contributed by atoms with E-state index in [2.05, 4.69) is 5.10 Å². The summed E-state index contributed by atoms with van der Waals surface area (Å²) in [7, 11) is 1.63. The fourth-order valence-electron chi connectivity index (χ4n) is 3.19. The number of benzene rings is 2. The SMILES string of the molecule is COc1ccccc1[C@H]1CN(c2ccc(F)cc2F)N=C1c1cccs1. The molecule has 0 radical (unpaired) electrons. The van der Waals surface area contributed by atoms with Crippen LogP contribution in [-0.4, -0.2) is 19.4 Å². The molecule has 0 amide bonds. The van der Waals surface area contributed by atoms with E-state index in [0.29, 0.717) is 6.54 Å². The molecule has 0 spiro atoms. The van der Waals surface area contributed by atoms with Gasteiger partial charge in [0.25, 0.3) is 0 Å². The Morgan fingerprint density at radius 2 is 1.96 bits per heavy atom. The molecule has 2 aromatic carbocycles. The molecule has 1 aromatic heterocycles. The van der Waals surface area contributed by atoms with Crippen LogP contribution in [0.25, 0.3) is 0 Å². The summed E-state index contributed by atoms with van der Waals surface area (Å²) in [6.45, 7) is 0.455. The van der Waals surface area contributed by atoms with Gasteiger partial charge in [-0.3, -0.25) is 5.01 Å². The van der Waals surface area contributed by atoms with Gasteiger partial charge >= 0.3 is 0 Å². The van der Waals surface area contributed by atoms with E-state index >= 15 is 0 Å². The number of hydrazone groups is 1. The number of halogens is 2. The third-order valence-electron chi connectivity index (χ3n) is 4.39. The van der Waals surface area contributed by atoms with Crippen LogP contribution in [0.4, 0.5) is 14.5 Å². The molecule has 0 saturated carbocycles. The van der Waals surface area contributed by atoms with Crippen LogP contribution in [-0.2, 0) is 0 Å². The molecule has 4 rings (SSSR count). The summed E-state index contributed by atoms with van der Waals surface area (Å²) in [5.74, 6) is -0.536. The average molecular weight is 370 g/mol. The highest BCUT2D eigenvalue weighted by atomic mass is 32.1. The van der Waals surface area contributed by atoms with E-state index in [0.717, 1.165) is 28.0 Å². The molecule has 1 atom stereocenters. The predicted molar refractivity (Wildman–Crippen MR) is 100 cm³/mol. The zero-order valence-corrected chi connectivity index (χ0v) is 14.8. The van der Waals surface area contributed by atoms with Gasteiger partial charge in [-0.05, 0) is 29.6 Å². The number of para-hydroxylation sites is 1. The van der Waals surface area contributed by atoms with Gasteiger partial charge < -0.3 is 4.74 Å². The van der Waals surface area contributed by atoms with Crippen molar-refractivity contribution in [3.8, 4) is 5.75 Å². The van der Waals surface area contributed by atoms with Crippen LogP contribution in [0.1, 0.15) is 16.4 Å². The van der Waals surface area contributed by atoms with Gasteiger partial charge in [0.15, 0.2) is 5.82 Å². The Labute approximate surface area is 154 Å². The van der Waals surface area contributed by atoms with Crippen molar-refractivity contribution in [3.05, 3.63) is 82.1 Å². The molecule has 0 bridgehead atoms. The second kappa shape index (κ2) is 6.88. The van der Waals surface area contributed by atoms with Gasteiger partial charge in [-0.15, -0.1) is 11.3 Å². The van der Waals surface area contributed by atoms with E-state index < -0.39 is 11.6 Å². The Bertz CT molecular complexity index is 956. The van der Waals surface area contributed by atoms with E-state index in [1.165, 1.54) is 12.1 Å². The van der Waals surface area contributed by atoms with E-state index in [1.54, 1.807) is 23.5 Å². The Hall–Kier alpha value is -2.73. The highest BCUT2D eigenvalue weighted by molar-refractivity contribution is 7.12. The summed E-state index contributed by atoms with van der Waals surface area (Å²) in [6, 6.07) is 15.3. The molecular weight excluding hydrogens is 354 g/mol. The summed E-state index contributed by atoms with van der Waals surface area (Å²) in [4.78, 5) is 1.02. The van der Waals surface area contributed by atoms with Crippen molar-refractivity contribution >= 4 is 22.7 Å². The van der Waals surface area contributed by atoms with Gasteiger partial charge in [-0.25, -0.2) is 8.78 Å². The largest absolute Gasteiger partial charge is 0.496 e. The maximum Gasteiger partial charge on any atom is 0.151 e. The molecule has 1 aliphatic heterocycles. The molecule has 3 nitrogen and oxygen atoms in total. The van der Waals surface area contributed by atoms with Crippen LogP contribution in [0, 0.1) is 11.6 Å². The molecule has 132 valence electrons. The minimum atomic E-state index is -0.625. The van der Waals surface area contributed by atoms with Crippen molar-refractivity contribution in [3.63, 3.8) is 0 Å². The number of rotatable bonds is 4. The lowest BCUT2D eigenvalue weighted by Gasteiger charge is -2.18. The van der Waals surface area contributed by atoms with Gasteiger partial charge in [-0.2, -0.15) is 5.10 Å². The highest BCUT2D eigenvalue weighted by Gasteiger charge is 2.33. The van der Waals surface area contributed by atoms with Gasteiger partial charge in [0.2, 0.25) is 0 Å². The summed E-state index contributed by atoms with van der Waals surface area (Å²) in [5.41, 5.74) is 2.11. The van der Waals surface area contributed by atoms with Crippen molar-refractivity contribution in [1.29, 1.82) is 0 Å². The minimum Gasteiger partial charge on any atom is -0.496 e. The Morgan fingerprint density at radius 3 is 2.69 bits per heavy atom. The van der Waals surface area contributed by atoms with Crippen molar-refractivity contribution in [2.45, 2.75) is 5.92 Å². The molecule has 6 heteroatoms. The zero-order chi connectivity index (χ0) is 18.1. The highest BCUT2D eigenvalue weighted by Crippen LogP contribution is 2.37. The lowest BCUT2D eigenvalue weighted by atomic mass is 9.93. The molecule has 2 heterocycles. The first-order chi connectivity index (χ1) is 12.7. The van der Waals surface area contributed by atoms with Crippen molar-refractivity contribution in [2.75, 3.05) is 18.7 Å². The van der Waals surface area contributed by atoms with Crippen molar-refractivity contribution in [2.24, 2.45) is 5.10 Å². The number of methoxy groups -OCH3 is 1. The molecular formula is C20H16F2N2OS. The Balaban J connectivity index is 1.79. The van der Waals surface area contributed by atoms with Gasteiger partial charge in [-0.1, -0.05) is 24.3 Å². The molecule has 0 aliphatic carbocycles. The lowest BCUT2D eigenvalue weighted by molar-refractivity contribution is 0.409. The van der Waals surface area contributed by atoms with Crippen LogP contribution in [0.3, 0.4) is 0 Å². The van der Waals surface area contributed by atoms with Gasteiger partial charge in [0, 0.05) is 11.6 Å². The number of thiophene rings is 1. The van der Waals surface area contributed by atoms with Crippen LogP contribution >= 0.6 is 11.3 Å². The molecule has 0 saturated heterocycles. The Morgan fingerprint density at radius 1 is 1.12 bits per heavy atom. The fourth-order valence-corrected chi connectivity index (χ4v) is 3.95. The fraction of sp³-hybridized carbons (Fsp3) is 0.150. The number of ether oxygens (including phenoxy) is 1. The van der Waals surface area contributed by atoms with Crippen molar-refractivity contribution in [1.82, 2.24) is 0 Å².